The fourth-order valence-electron chi connectivity index (χ4n) is 1.82. The van der Waals surface area contributed by atoms with Gasteiger partial charge in [-0.05, 0) is 30.2 Å². The number of benzene rings is 2. The Labute approximate surface area is 124 Å². The van der Waals surface area contributed by atoms with Crippen LogP contribution in [0.4, 0.5) is 5.69 Å². The van der Waals surface area contributed by atoms with Crippen molar-refractivity contribution >= 4 is 23.2 Å². The van der Waals surface area contributed by atoms with E-state index in [0.29, 0.717) is 11.6 Å². The van der Waals surface area contributed by atoms with E-state index in [4.69, 9.17) is 11.6 Å². The van der Waals surface area contributed by atoms with Gasteiger partial charge in [-0.25, -0.2) is 0 Å². The van der Waals surface area contributed by atoms with Crippen molar-refractivity contribution in [1.29, 1.82) is 0 Å². The van der Waals surface area contributed by atoms with Gasteiger partial charge in [0.15, 0.2) is 0 Å². The summed E-state index contributed by atoms with van der Waals surface area (Å²) in [7, 11) is 0. The van der Waals surface area contributed by atoms with Crippen molar-refractivity contribution in [1.82, 2.24) is 5.32 Å². The van der Waals surface area contributed by atoms with E-state index >= 15 is 0 Å². The number of halogens is 1. The predicted molar refractivity (Wildman–Crippen MR) is 83.0 cm³/mol. The molecular formula is C16H17ClN2O. The largest absolute Gasteiger partial charge is 0.376 e. The molecule has 104 valence electrons. The minimum Gasteiger partial charge on any atom is -0.376 e. The van der Waals surface area contributed by atoms with Crippen molar-refractivity contribution in [3.8, 4) is 0 Å². The molecule has 20 heavy (non-hydrogen) atoms. The van der Waals surface area contributed by atoms with Crippen molar-refractivity contribution < 1.29 is 4.79 Å². The van der Waals surface area contributed by atoms with Crippen LogP contribution in [-0.2, 0) is 11.3 Å². The summed E-state index contributed by atoms with van der Waals surface area (Å²) in [6, 6.07) is 15.4. The zero-order valence-electron chi connectivity index (χ0n) is 11.3. The zero-order chi connectivity index (χ0) is 14.4. The summed E-state index contributed by atoms with van der Waals surface area (Å²) < 4.78 is 0. The Balaban J connectivity index is 1.82. The Morgan fingerprint density at radius 3 is 2.65 bits per heavy atom. The first kappa shape index (κ1) is 14.4. The number of rotatable bonds is 5. The molecule has 2 aromatic carbocycles. The van der Waals surface area contributed by atoms with Crippen LogP contribution in [0.25, 0.3) is 0 Å². The third-order valence-corrected chi connectivity index (χ3v) is 3.21. The normalized spacial score (nSPS) is 10.1. The van der Waals surface area contributed by atoms with Crippen LogP contribution in [-0.4, -0.2) is 12.5 Å². The van der Waals surface area contributed by atoms with E-state index in [-0.39, 0.29) is 12.5 Å². The van der Waals surface area contributed by atoms with Gasteiger partial charge >= 0.3 is 0 Å². The summed E-state index contributed by atoms with van der Waals surface area (Å²) in [5.74, 6) is -0.0479. The lowest BCUT2D eigenvalue weighted by atomic mass is 10.2. The third kappa shape index (κ3) is 4.28. The lowest BCUT2D eigenvalue weighted by molar-refractivity contribution is -0.119. The SMILES string of the molecule is Cc1ccc(Cl)cc1NCC(=O)NCc1ccccc1. The van der Waals surface area contributed by atoms with Gasteiger partial charge in [0.1, 0.15) is 0 Å². The summed E-state index contributed by atoms with van der Waals surface area (Å²) in [4.78, 5) is 11.8. The number of carbonyl (C=O) groups is 1. The lowest BCUT2D eigenvalue weighted by Gasteiger charge is -2.10. The van der Waals surface area contributed by atoms with Crippen LogP contribution in [0.1, 0.15) is 11.1 Å². The van der Waals surface area contributed by atoms with Crippen LogP contribution in [0, 0.1) is 6.92 Å². The van der Waals surface area contributed by atoms with Crippen molar-refractivity contribution in [3.63, 3.8) is 0 Å². The standard InChI is InChI=1S/C16H17ClN2O/c1-12-7-8-14(17)9-15(12)18-11-16(20)19-10-13-5-3-2-4-6-13/h2-9,18H,10-11H2,1H3,(H,19,20). The molecule has 0 saturated carbocycles. The number of hydrogen-bond donors (Lipinski definition) is 2. The van der Waals surface area contributed by atoms with E-state index in [1.54, 1.807) is 0 Å². The van der Waals surface area contributed by atoms with Gasteiger partial charge in [0.05, 0.1) is 6.54 Å². The second-order valence-electron chi connectivity index (χ2n) is 4.58. The van der Waals surface area contributed by atoms with E-state index < -0.39 is 0 Å². The molecule has 0 aliphatic carbocycles. The monoisotopic (exact) mass is 288 g/mol. The highest BCUT2D eigenvalue weighted by atomic mass is 35.5. The van der Waals surface area contributed by atoms with Gasteiger partial charge in [-0.15, -0.1) is 0 Å². The molecule has 0 radical (unpaired) electrons. The highest BCUT2D eigenvalue weighted by molar-refractivity contribution is 6.30. The van der Waals surface area contributed by atoms with Crippen LogP contribution in [0.3, 0.4) is 0 Å². The Morgan fingerprint density at radius 1 is 1.15 bits per heavy atom. The quantitative estimate of drug-likeness (QED) is 0.885. The molecule has 1 amide bonds. The Kier molecular flexibility index (Phi) is 5.02. The van der Waals surface area contributed by atoms with Crippen molar-refractivity contribution in [2.75, 3.05) is 11.9 Å². The van der Waals surface area contributed by atoms with Gasteiger partial charge in [-0.3, -0.25) is 4.79 Å². The molecule has 4 heteroatoms. The number of amides is 1. The van der Waals surface area contributed by atoms with Crippen LogP contribution in [0.15, 0.2) is 48.5 Å². The van der Waals surface area contributed by atoms with Crippen molar-refractivity contribution in [2.45, 2.75) is 13.5 Å². The summed E-state index contributed by atoms with van der Waals surface area (Å²) >= 11 is 5.93. The van der Waals surface area contributed by atoms with Crippen LogP contribution in [0.2, 0.25) is 5.02 Å². The molecule has 0 saturated heterocycles. The summed E-state index contributed by atoms with van der Waals surface area (Å²) in [5, 5.41) is 6.62. The van der Waals surface area contributed by atoms with Gasteiger partial charge in [0.2, 0.25) is 5.91 Å². The number of anilines is 1. The Hall–Kier alpha value is -2.00. The number of hydrogen-bond acceptors (Lipinski definition) is 2. The molecule has 0 bridgehead atoms. The second-order valence-corrected chi connectivity index (χ2v) is 5.01. The first-order valence-corrected chi connectivity index (χ1v) is 6.83. The maximum Gasteiger partial charge on any atom is 0.239 e. The summed E-state index contributed by atoms with van der Waals surface area (Å²) in [6.07, 6.45) is 0. The molecule has 0 unspecified atom stereocenters. The van der Waals surface area contributed by atoms with Crippen LogP contribution in [0.5, 0.6) is 0 Å². The molecule has 0 aliphatic rings. The average molecular weight is 289 g/mol. The highest BCUT2D eigenvalue weighted by Crippen LogP contribution is 2.19. The number of nitrogens with one attached hydrogen (secondary N) is 2. The molecule has 2 aromatic rings. The fourth-order valence-corrected chi connectivity index (χ4v) is 1.99. The lowest BCUT2D eigenvalue weighted by Crippen LogP contribution is -2.29. The topological polar surface area (TPSA) is 41.1 Å². The third-order valence-electron chi connectivity index (χ3n) is 2.97. The summed E-state index contributed by atoms with van der Waals surface area (Å²) in [6.45, 7) is 2.74. The minimum absolute atomic E-state index is 0.0479. The van der Waals surface area contributed by atoms with Gasteiger partial charge in [0.25, 0.3) is 0 Å². The van der Waals surface area contributed by atoms with Crippen LogP contribution < -0.4 is 10.6 Å². The molecular weight excluding hydrogens is 272 g/mol. The highest BCUT2D eigenvalue weighted by Gasteiger charge is 2.03. The molecule has 2 rings (SSSR count). The predicted octanol–water partition coefficient (Wildman–Crippen LogP) is 3.38. The Morgan fingerprint density at radius 2 is 1.90 bits per heavy atom. The molecule has 0 spiro atoms. The number of carbonyl (C=O) groups excluding carboxylic acids is 1. The molecule has 3 nitrogen and oxygen atoms in total. The molecule has 0 fully saturated rings. The fraction of sp³-hybridized carbons (Fsp3) is 0.188. The van der Waals surface area contributed by atoms with Crippen molar-refractivity contribution in [3.05, 3.63) is 64.7 Å². The smallest absolute Gasteiger partial charge is 0.239 e. The van der Waals surface area contributed by atoms with Gasteiger partial charge in [-0.2, -0.15) is 0 Å². The van der Waals surface area contributed by atoms with E-state index in [1.165, 1.54) is 0 Å². The Bertz CT molecular complexity index is 584. The van der Waals surface area contributed by atoms with E-state index in [9.17, 15) is 4.79 Å². The van der Waals surface area contributed by atoms with Crippen LogP contribution >= 0.6 is 11.6 Å². The zero-order valence-corrected chi connectivity index (χ0v) is 12.1. The molecule has 0 aromatic heterocycles. The summed E-state index contributed by atoms with van der Waals surface area (Å²) in [5.41, 5.74) is 3.03. The molecule has 0 aliphatic heterocycles. The van der Waals surface area contributed by atoms with Gasteiger partial charge in [0, 0.05) is 17.3 Å². The second kappa shape index (κ2) is 6.96. The van der Waals surface area contributed by atoms with E-state index in [1.807, 2.05) is 55.5 Å². The van der Waals surface area contributed by atoms with E-state index in [2.05, 4.69) is 10.6 Å². The molecule has 2 N–H and O–H groups in total. The average Bonchev–Trinajstić information content (AvgIpc) is 2.47. The molecule has 0 atom stereocenters. The van der Waals surface area contributed by atoms with E-state index in [0.717, 1.165) is 16.8 Å². The van der Waals surface area contributed by atoms with Crippen molar-refractivity contribution in [2.24, 2.45) is 0 Å². The first-order chi connectivity index (χ1) is 9.65. The minimum atomic E-state index is -0.0479. The first-order valence-electron chi connectivity index (χ1n) is 6.46. The number of aryl methyl sites for hydroxylation is 1. The van der Waals surface area contributed by atoms with Gasteiger partial charge in [-0.1, -0.05) is 48.0 Å². The molecule has 0 heterocycles. The maximum atomic E-state index is 11.8. The maximum absolute atomic E-state index is 11.8. The van der Waals surface area contributed by atoms with Gasteiger partial charge < -0.3 is 10.6 Å².